The number of benzene rings is 1. The van der Waals surface area contributed by atoms with Gasteiger partial charge in [-0.2, -0.15) is 0 Å². The molecule has 0 saturated carbocycles. The third-order valence-corrected chi connectivity index (χ3v) is 4.55. The van der Waals surface area contributed by atoms with Gasteiger partial charge in [0.1, 0.15) is 13.2 Å². The number of fused-ring (bicyclic) bond motifs is 1. The molecule has 1 aromatic carbocycles. The summed E-state index contributed by atoms with van der Waals surface area (Å²) >= 11 is 0. The van der Waals surface area contributed by atoms with Gasteiger partial charge in [-0.05, 0) is 23.8 Å². The van der Waals surface area contributed by atoms with Crippen molar-refractivity contribution in [2.24, 2.45) is 0 Å². The lowest BCUT2D eigenvalue weighted by atomic mass is 10.1. The molecule has 0 N–H and O–H groups in total. The summed E-state index contributed by atoms with van der Waals surface area (Å²) in [5.41, 5.74) is 1.93. The molecule has 1 saturated heterocycles. The van der Waals surface area contributed by atoms with E-state index in [1.807, 2.05) is 24.3 Å². The smallest absolute Gasteiger partial charge is 0.241 e. The summed E-state index contributed by atoms with van der Waals surface area (Å²) in [6, 6.07) is 9.58. The molecular weight excluding hydrogens is 334 g/mol. The molecule has 3 heterocycles. The van der Waals surface area contributed by atoms with E-state index in [0.29, 0.717) is 38.7 Å². The first-order valence-electron chi connectivity index (χ1n) is 8.64. The maximum absolute atomic E-state index is 12.6. The number of methoxy groups -OCH3 is 1. The number of rotatable bonds is 4. The molecule has 2 aromatic rings. The van der Waals surface area contributed by atoms with Crippen LogP contribution in [0.3, 0.4) is 0 Å². The Hall–Kier alpha value is -2.80. The van der Waals surface area contributed by atoms with E-state index >= 15 is 0 Å². The first-order chi connectivity index (χ1) is 12.7. The molecule has 2 aliphatic heterocycles. The average molecular weight is 355 g/mol. The number of piperazine rings is 1. The monoisotopic (exact) mass is 355 g/mol. The Morgan fingerprint density at radius 1 is 1.12 bits per heavy atom. The minimum atomic E-state index is 0.0713. The summed E-state index contributed by atoms with van der Waals surface area (Å²) in [7, 11) is 1.57. The number of pyridine rings is 1. The Labute approximate surface area is 152 Å². The van der Waals surface area contributed by atoms with Gasteiger partial charge >= 0.3 is 0 Å². The molecule has 1 fully saturated rings. The van der Waals surface area contributed by atoms with E-state index < -0.39 is 0 Å². The van der Waals surface area contributed by atoms with E-state index in [4.69, 9.17) is 14.2 Å². The molecule has 4 rings (SSSR count). The van der Waals surface area contributed by atoms with Gasteiger partial charge in [0, 0.05) is 31.9 Å². The summed E-state index contributed by atoms with van der Waals surface area (Å²) in [6.07, 6.45) is 1.66. The maximum atomic E-state index is 12.6. The maximum Gasteiger partial charge on any atom is 0.241 e. The largest absolute Gasteiger partial charge is 0.486 e. The lowest BCUT2D eigenvalue weighted by Crippen LogP contribution is -2.50. The van der Waals surface area contributed by atoms with Gasteiger partial charge in [-0.1, -0.05) is 6.07 Å². The van der Waals surface area contributed by atoms with Gasteiger partial charge in [-0.15, -0.1) is 0 Å². The molecule has 136 valence electrons. The second-order valence-electron chi connectivity index (χ2n) is 6.29. The number of hydrogen-bond acceptors (Lipinski definition) is 6. The van der Waals surface area contributed by atoms with Crippen LogP contribution in [0, 0.1) is 0 Å². The molecule has 1 amide bonds. The fraction of sp³-hybridized carbons (Fsp3) is 0.368. The highest BCUT2D eigenvalue weighted by Crippen LogP contribution is 2.31. The van der Waals surface area contributed by atoms with Crippen LogP contribution in [0.5, 0.6) is 17.4 Å². The van der Waals surface area contributed by atoms with Crippen molar-refractivity contribution in [1.29, 1.82) is 0 Å². The Balaban J connectivity index is 1.41. The Morgan fingerprint density at radius 3 is 2.77 bits per heavy atom. The molecule has 7 heteroatoms. The van der Waals surface area contributed by atoms with Crippen molar-refractivity contribution in [2.75, 3.05) is 44.9 Å². The fourth-order valence-electron chi connectivity index (χ4n) is 3.25. The number of nitrogens with zero attached hydrogens (tertiary/aromatic N) is 3. The van der Waals surface area contributed by atoms with Crippen molar-refractivity contribution in [2.45, 2.75) is 6.54 Å². The lowest BCUT2D eigenvalue weighted by Gasteiger charge is -2.34. The van der Waals surface area contributed by atoms with Gasteiger partial charge in [-0.3, -0.25) is 9.69 Å². The van der Waals surface area contributed by atoms with Crippen LogP contribution in [0.1, 0.15) is 5.56 Å². The summed E-state index contributed by atoms with van der Waals surface area (Å²) < 4.78 is 16.3. The van der Waals surface area contributed by atoms with Crippen molar-refractivity contribution >= 4 is 11.6 Å². The molecule has 7 nitrogen and oxygen atoms in total. The zero-order chi connectivity index (χ0) is 17.9. The van der Waals surface area contributed by atoms with Crippen molar-refractivity contribution in [3.05, 3.63) is 42.1 Å². The summed E-state index contributed by atoms with van der Waals surface area (Å²) in [5, 5.41) is 0. The number of carbonyl (C=O) groups is 1. The van der Waals surface area contributed by atoms with Crippen LogP contribution < -0.4 is 19.1 Å². The third kappa shape index (κ3) is 3.43. The molecule has 0 radical (unpaired) electrons. The second-order valence-corrected chi connectivity index (χ2v) is 6.29. The normalized spacial score (nSPS) is 17.3. The first kappa shape index (κ1) is 16.7. The molecule has 2 aliphatic rings. The highest BCUT2D eigenvalue weighted by Gasteiger charge is 2.25. The van der Waals surface area contributed by atoms with Crippen LogP contribution in [0.15, 0.2) is 36.5 Å². The predicted molar refractivity (Wildman–Crippen MR) is 95.9 cm³/mol. The third-order valence-electron chi connectivity index (χ3n) is 4.55. The summed E-state index contributed by atoms with van der Waals surface area (Å²) in [4.78, 5) is 20.6. The highest BCUT2D eigenvalue weighted by molar-refractivity contribution is 5.95. The van der Waals surface area contributed by atoms with Gasteiger partial charge in [-0.25, -0.2) is 4.98 Å². The summed E-state index contributed by atoms with van der Waals surface area (Å²) in [6.45, 7) is 3.67. The SMILES string of the molecule is COc1cc(N2CCN(Cc3ccc4c(c3)OCCO4)CC2=O)ccn1. The molecular formula is C19H21N3O4. The molecule has 1 aromatic heterocycles. The molecule has 0 aliphatic carbocycles. The first-order valence-corrected chi connectivity index (χ1v) is 8.64. The van der Waals surface area contributed by atoms with Crippen LogP contribution >= 0.6 is 0 Å². The van der Waals surface area contributed by atoms with E-state index in [0.717, 1.165) is 29.3 Å². The number of amides is 1. The predicted octanol–water partition coefficient (Wildman–Crippen LogP) is 1.71. The van der Waals surface area contributed by atoms with Crippen molar-refractivity contribution in [3.8, 4) is 17.4 Å². The number of ether oxygens (including phenoxy) is 3. The Bertz CT molecular complexity index is 811. The van der Waals surface area contributed by atoms with Crippen molar-refractivity contribution in [3.63, 3.8) is 0 Å². The number of carbonyl (C=O) groups excluding carboxylic acids is 1. The van der Waals surface area contributed by atoms with Crippen LogP contribution in [0.25, 0.3) is 0 Å². The topological polar surface area (TPSA) is 64.1 Å². The minimum Gasteiger partial charge on any atom is -0.486 e. The van der Waals surface area contributed by atoms with Crippen LogP contribution in [0.2, 0.25) is 0 Å². The Morgan fingerprint density at radius 2 is 1.96 bits per heavy atom. The van der Waals surface area contributed by atoms with Gasteiger partial charge in [0.05, 0.1) is 19.3 Å². The zero-order valence-corrected chi connectivity index (χ0v) is 14.7. The molecule has 26 heavy (non-hydrogen) atoms. The Kier molecular flexibility index (Phi) is 4.62. The number of anilines is 1. The van der Waals surface area contributed by atoms with E-state index in [9.17, 15) is 4.79 Å². The molecule has 0 unspecified atom stereocenters. The fourth-order valence-corrected chi connectivity index (χ4v) is 3.25. The molecule has 0 bridgehead atoms. The van der Waals surface area contributed by atoms with Crippen molar-refractivity contribution < 1.29 is 19.0 Å². The summed E-state index contributed by atoms with van der Waals surface area (Å²) in [5.74, 6) is 2.14. The van der Waals surface area contributed by atoms with Crippen LogP contribution in [0.4, 0.5) is 5.69 Å². The molecule has 0 spiro atoms. The minimum absolute atomic E-state index is 0.0713. The lowest BCUT2D eigenvalue weighted by molar-refractivity contribution is -0.121. The van der Waals surface area contributed by atoms with Gasteiger partial charge < -0.3 is 19.1 Å². The van der Waals surface area contributed by atoms with E-state index in [2.05, 4.69) is 9.88 Å². The van der Waals surface area contributed by atoms with E-state index in [1.165, 1.54) is 0 Å². The standard InChI is InChI=1S/C19H21N3O4/c1-24-18-11-15(4-5-20-18)22-7-6-21(13-19(22)23)12-14-2-3-16-17(10-14)26-9-8-25-16/h2-5,10-11H,6-9,12-13H2,1H3. The van der Waals surface area contributed by atoms with Crippen LogP contribution in [-0.4, -0.2) is 55.7 Å². The average Bonchev–Trinajstić information content (AvgIpc) is 2.68. The number of aromatic nitrogens is 1. The van der Waals surface area contributed by atoms with Gasteiger partial charge in [0.2, 0.25) is 11.8 Å². The highest BCUT2D eigenvalue weighted by atomic mass is 16.6. The zero-order valence-electron chi connectivity index (χ0n) is 14.7. The second kappa shape index (κ2) is 7.21. The van der Waals surface area contributed by atoms with Crippen molar-refractivity contribution in [1.82, 2.24) is 9.88 Å². The quantitative estimate of drug-likeness (QED) is 0.832. The van der Waals surface area contributed by atoms with E-state index in [-0.39, 0.29) is 5.91 Å². The number of hydrogen-bond donors (Lipinski definition) is 0. The van der Waals surface area contributed by atoms with Gasteiger partial charge in [0.25, 0.3) is 0 Å². The molecule has 0 atom stereocenters. The van der Waals surface area contributed by atoms with Gasteiger partial charge in [0.15, 0.2) is 11.5 Å². The van der Waals surface area contributed by atoms with E-state index in [1.54, 1.807) is 24.3 Å². The van der Waals surface area contributed by atoms with Crippen LogP contribution in [-0.2, 0) is 11.3 Å².